The summed E-state index contributed by atoms with van der Waals surface area (Å²) >= 11 is 0. The zero-order valence-electron chi connectivity index (χ0n) is 18.9. The van der Waals surface area contributed by atoms with Gasteiger partial charge in [0.2, 0.25) is 0 Å². The molecule has 1 saturated carbocycles. The molecule has 1 aliphatic carbocycles. The Bertz CT molecular complexity index is 801. The average molecular weight is 449 g/mol. The van der Waals surface area contributed by atoms with Gasteiger partial charge in [-0.3, -0.25) is 0 Å². The number of hydrogen-bond donors (Lipinski definition) is 0. The monoisotopic (exact) mass is 448 g/mol. The maximum atomic E-state index is 13.9. The van der Waals surface area contributed by atoms with Gasteiger partial charge in [-0.25, -0.2) is 4.58 Å². The summed E-state index contributed by atoms with van der Waals surface area (Å²) in [5.74, 6) is 0.0846. The molecule has 2 aromatic carbocycles. The first-order valence-corrected chi connectivity index (χ1v) is 11.2. The van der Waals surface area contributed by atoms with E-state index < -0.39 is 11.8 Å². The summed E-state index contributed by atoms with van der Waals surface area (Å²) in [5.41, 5.74) is 0.280. The fraction of sp³-hybridized carbons (Fsp3) is 0.500. The molecule has 0 saturated heterocycles. The van der Waals surface area contributed by atoms with Gasteiger partial charge >= 0.3 is 6.18 Å². The third kappa shape index (κ3) is 6.66. The molecule has 0 radical (unpaired) electrons. The standard InChI is InChI=1S/C26H33F3NO2/c1-21(31-2)20-32-25(26(27,28)29)15-13-24(14-16-25)19-30(17-22-9-5-3-6-10-22)18-23-11-7-4-8-12-23/h3-12,19,21,24H,13-18,20H2,1-2H3/q+1. The van der Waals surface area contributed by atoms with Crippen molar-refractivity contribution in [2.45, 2.75) is 63.6 Å². The van der Waals surface area contributed by atoms with Crippen LogP contribution in [0.2, 0.25) is 0 Å². The second kappa shape index (κ2) is 11.1. The molecule has 1 aliphatic rings. The second-order valence-corrected chi connectivity index (χ2v) is 8.71. The van der Waals surface area contributed by atoms with Crippen molar-refractivity contribution in [1.29, 1.82) is 0 Å². The van der Waals surface area contributed by atoms with Gasteiger partial charge in [-0.2, -0.15) is 13.2 Å². The van der Waals surface area contributed by atoms with Crippen LogP contribution in [0.1, 0.15) is 43.7 Å². The SMILES string of the molecule is COC(C)COC1(C(F)(F)F)CCC(C=[N+](Cc2ccccc2)Cc2ccccc2)CC1. The molecule has 3 nitrogen and oxygen atoms in total. The van der Waals surface area contributed by atoms with E-state index in [0.717, 1.165) is 13.1 Å². The van der Waals surface area contributed by atoms with Gasteiger partial charge in [0.15, 0.2) is 18.7 Å². The van der Waals surface area contributed by atoms with Crippen molar-refractivity contribution in [3.05, 3.63) is 71.8 Å². The van der Waals surface area contributed by atoms with Crippen molar-refractivity contribution in [3.8, 4) is 0 Å². The zero-order chi connectivity index (χ0) is 23.0. The van der Waals surface area contributed by atoms with E-state index in [1.54, 1.807) is 6.92 Å². The minimum absolute atomic E-state index is 0.0292. The zero-order valence-corrected chi connectivity index (χ0v) is 18.9. The summed E-state index contributed by atoms with van der Waals surface area (Å²) in [5, 5.41) is 0. The van der Waals surface area contributed by atoms with Gasteiger partial charge in [-0.1, -0.05) is 60.7 Å². The molecule has 174 valence electrons. The lowest BCUT2D eigenvalue weighted by Crippen LogP contribution is -2.51. The lowest BCUT2D eigenvalue weighted by Gasteiger charge is -2.40. The molecule has 0 spiro atoms. The highest BCUT2D eigenvalue weighted by molar-refractivity contribution is 5.55. The van der Waals surface area contributed by atoms with E-state index in [-0.39, 0.29) is 31.5 Å². The number of ether oxygens (including phenoxy) is 2. The van der Waals surface area contributed by atoms with Gasteiger partial charge in [0.25, 0.3) is 0 Å². The Hall–Kier alpha value is -2.18. The Labute approximate surface area is 188 Å². The highest BCUT2D eigenvalue weighted by atomic mass is 19.4. The van der Waals surface area contributed by atoms with Crippen LogP contribution in [0.5, 0.6) is 0 Å². The molecule has 0 bridgehead atoms. The minimum atomic E-state index is -4.39. The topological polar surface area (TPSA) is 21.5 Å². The molecule has 1 unspecified atom stereocenters. The highest BCUT2D eigenvalue weighted by Crippen LogP contribution is 2.45. The number of benzene rings is 2. The Kier molecular flexibility index (Phi) is 8.49. The predicted octanol–water partition coefficient (Wildman–Crippen LogP) is 6.01. The Balaban J connectivity index is 1.73. The fourth-order valence-electron chi connectivity index (χ4n) is 4.21. The van der Waals surface area contributed by atoms with E-state index in [0.29, 0.717) is 12.8 Å². The number of methoxy groups -OCH3 is 1. The first-order valence-electron chi connectivity index (χ1n) is 11.2. The van der Waals surface area contributed by atoms with Crippen LogP contribution in [0.3, 0.4) is 0 Å². The Morgan fingerprint density at radius 1 is 0.969 bits per heavy atom. The summed E-state index contributed by atoms with van der Waals surface area (Å²) in [6, 6.07) is 20.3. The number of hydrogen-bond acceptors (Lipinski definition) is 2. The van der Waals surface area contributed by atoms with Crippen molar-refractivity contribution in [1.82, 2.24) is 0 Å². The van der Waals surface area contributed by atoms with Crippen LogP contribution in [-0.4, -0.2) is 42.4 Å². The van der Waals surface area contributed by atoms with Crippen LogP contribution in [0, 0.1) is 5.92 Å². The van der Waals surface area contributed by atoms with Gasteiger partial charge < -0.3 is 9.47 Å². The summed E-state index contributed by atoms with van der Waals surface area (Å²) in [7, 11) is 1.48. The van der Waals surface area contributed by atoms with E-state index in [9.17, 15) is 13.2 Å². The molecule has 0 aliphatic heterocycles. The van der Waals surface area contributed by atoms with Gasteiger partial charge in [0.1, 0.15) is 6.21 Å². The number of nitrogens with zero attached hydrogens (tertiary/aromatic N) is 1. The summed E-state index contributed by atoms with van der Waals surface area (Å²) in [6.07, 6.45) is -1.79. The van der Waals surface area contributed by atoms with Crippen molar-refractivity contribution in [2.75, 3.05) is 13.7 Å². The highest BCUT2D eigenvalue weighted by Gasteiger charge is 2.57. The third-order valence-corrected chi connectivity index (χ3v) is 6.23. The lowest BCUT2D eigenvalue weighted by molar-refractivity contribution is -0.557. The van der Waals surface area contributed by atoms with Crippen LogP contribution in [0.25, 0.3) is 0 Å². The minimum Gasteiger partial charge on any atom is -0.379 e. The van der Waals surface area contributed by atoms with Crippen LogP contribution in [-0.2, 0) is 22.6 Å². The number of rotatable bonds is 9. The molecule has 0 aromatic heterocycles. The summed E-state index contributed by atoms with van der Waals surface area (Å²) < 4.78 is 54.5. The van der Waals surface area contributed by atoms with E-state index >= 15 is 0 Å². The molecule has 6 heteroatoms. The predicted molar refractivity (Wildman–Crippen MR) is 120 cm³/mol. The van der Waals surface area contributed by atoms with E-state index in [2.05, 4.69) is 35.1 Å². The van der Waals surface area contributed by atoms with Crippen LogP contribution < -0.4 is 0 Å². The maximum absolute atomic E-state index is 13.9. The van der Waals surface area contributed by atoms with Gasteiger partial charge in [0, 0.05) is 24.2 Å². The molecule has 0 amide bonds. The Morgan fingerprint density at radius 2 is 1.47 bits per heavy atom. The largest absolute Gasteiger partial charge is 0.417 e. The molecule has 32 heavy (non-hydrogen) atoms. The van der Waals surface area contributed by atoms with E-state index in [1.807, 2.05) is 36.4 Å². The van der Waals surface area contributed by atoms with Crippen LogP contribution in [0.4, 0.5) is 13.2 Å². The Morgan fingerprint density at radius 3 is 1.91 bits per heavy atom. The van der Waals surface area contributed by atoms with Gasteiger partial charge in [-0.05, 0) is 32.6 Å². The molecule has 3 rings (SSSR count). The summed E-state index contributed by atoms with van der Waals surface area (Å²) in [4.78, 5) is 0. The van der Waals surface area contributed by atoms with Gasteiger partial charge in [-0.15, -0.1) is 0 Å². The number of alkyl halides is 3. The quantitative estimate of drug-likeness (QED) is 0.346. The van der Waals surface area contributed by atoms with Crippen molar-refractivity contribution >= 4 is 6.21 Å². The van der Waals surface area contributed by atoms with Gasteiger partial charge in [0.05, 0.1) is 12.7 Å². The van der Waals surface area contributed by atoms with Crippen molar-refractivity contribution < 1.29 is 27.2 Å². The van der Waals surface area contributed by atoms with E-state index in [1.165, 1.54) is 18.2 Å². The molecular formula is C26H33F3NO2+. The van der Waals surface area contributed by atoms with Crippen LogP contribution in [0.15, 0.2) is 60.7 Å². The maximum Gasteiger partial charge on any atom is 0.417 e. The smallest absolute Gasteiger partial charge is 0.379 e. The number of halogens is 3. The second-order valence-electron chi connectivity index (χ2n) is 8.71. The molecule has 1 atom stereocenters. The fourth-order valence-corrected chi connectivity index (χ4v) is 4.21. The van der Waals surface area contributed by atoms with Crippen molar-refractivity contribution in [2.24, 2.45) is 5.92 Å². The molecule has 0 N–H and O–H groups in total. The lowest BCUT2D eigenvalue weighted by atomic mass is 9.78. The first kappa shape index (κ1) is 24.5. The van der Waals surface area contributed by atoms with Crippen molar-refractivity contribution in [3.63, 3.8) is 0 Å². The van der Waals surface area contributed by atoms with E-state index in [4.69, 9.17) is 9.47 Å². The first-order chi connectivity index (χ1) is 15.3. The van der Waals surface area contributed by atoms with Crippen LogP contribution >= 0.6 is 0 Å². The third-order valence-electron chi connectivity index (χ3n) is 6.23. The normalized spacial score (nSPS) is 22.3. The molecular weight excluding hydrogens is 415 g/mol. The summed E-state index contributed by atoms with van der Waals surface area (Å²) in [6.45, 7) is 3.10. The molecule has 0 heterocycles. The average Bonchev–Trinajstić information content (AvgIpc) is 2.79. The molecule has 2 aromatic rings. The molecule has 1 fully saturated rings.